The van der Waals surface area contributed by atoms with Crippen LogP contribution in [0.5, 0.6) is 5.75 Å². The van der Waals surface area contributed by atoms with Crippen molar-refractivity contribution in [1.29, 1.82) is 0 Å². The average molecular weight is 460 g/mol. The minimum Gasteiger partial charge on any atom is -0.489 e. The maximum absolute atomic E-state index is 12.6. The highest BCUT2D eigenvalue weighted by Crippen LogP contribution is 2.26. The number of benzene rings is 3. The molecule has 1 amide bonds. The van der Waals surface area contributed by atoms with Crippen LogP contribution in [0.2, 0.25) is 5.02 Å². The molecule has 1 heterocycles. The van der Waals surface area contributed by atoms with Gasteiger partial charge in [0, 0.05) is 16.8 Å². The number of aryl methyl sites for hydroxylation is 3. The van der Waals surface area contributed by atoms with Crippen molar-refractivity contribution in [3.63, 3.8) is 0 Å². The van der Waals surface area contributed by atoms with E-state index in [1.54, 1.807) is 23.0 Å². The summed E-state index contributed by atoms with van der Waals surface area (Å²) in [7, 11) is 0. The minimum absolute atomic E-state index is 0.179. The van der Waals surface area contributed by atoms with E-state index in [1.807, 2.05) is 44.3 Å². The van der Waals surface area contributed by atoms with Crippen LogP contribution >= 0.6 is 11.6 Å². The third-order valence-corrected chi connectivity index (χ3v) is 5.98. The van der Waals surface area contributed by atoms with E-state index in [0.717, 1.165) is 33.0 Å². The Bertz CT molecular complexity index is 1240. The summed E-state index contributed by atoms with van der Waals surface area (Å²) >= 11 is 6.22. The highest BCUT2D eigenvalue weighted by molar-refractivity contribution is 6.32. The lowest BCUT2D eigenvalue weighted by Crippen LogP contribution is -2.11. The van der Waals surface area contributed by atoms with Crippen molar-refractivity contribution >= 4 is 23.2 Å². The SMILES string of the molecule is Cc1ccc(Cn2cc(NC(=O)c3ccc(COc4cc(C)c(Cl)c(C)c4)cc3)cn2)cc1. The van der Waals surface area contributed by atoms with Gasteiger partial charge in [-0.2, -0.15) is 5.10 Å². The van der Waals surface area contributed by atoms with Crippen LogP contribution in [0.1, 0.15) is 38.2 Å². The number of ether oxygens (including phenoxy) is 1. The normalized spacial score (nSPS) is 10.8. The molecule has 0 bridgehead atoms. The number of hydrogen-bond donors (Lipinski definition) is 1. The van der Waals surface area contributed by atoms with Crippen LogP contribution in [0.15, 0.2) is 73.1 Å². The fourth-order valence-corrected chi connectivity index (χ4v) is 3.62. The van der Waals surface area contributed by atoms with E-state index < -0.39 is 0 Å². The maximum Gasteiger partial charge on any atom is 0.255 e. The Morgan fingerprint density at radius 1 is 0.970 bits per heavy atom. The van der Waals surface area contributed by atoms with Gasteiger partial charge in [-0.05, 0) is 67.3 Å². The second-order valence-electron chi connectivity index (χ2n) is 8.22. The molecular formula is C27H26ClN3O2. The molecule has 0 fully saturated rings. The lowest BCUT2D eigenvalue weighted by Gasteiger charge is -2.10. The zero-order valence-electron chi connectivity index (χ0n) is 18.9. The average Bonchev–Trinajstić information content (AvgIpc) is 3.24. The topological polar surface area (TPSA) is 56.2 Å². The van der Waals surface area contributed by atoms with E-state index >= 15 is 0 Å². The second kappa shape index (κ2) is 9.92. The summed E-state index contributed by atoms with van der Waals surface area (Å²) in [5.41, 5.74) is 6.56. The number of nitrogens with zero attached hydrogens (tertiary/aromatic N) is 2. The summed E-state index contributed by atoms with van der Waals surface area (Å²) in [6.07, 6.45) is 3.49. The van der Waals surface area contributed by atoms with Crippen molar-refractivity contribution in [3.05, 3.63) is 111 Å². The van der Waals surface area contributed by atoms with E-state index in [1.165, 1.54) is 5.56 Å². The fraction of sp³-hybridized carbons (Fsp3) is 0.185. The molecule has 0 aliphatic heterocycles. The number of anilines is 1. The van der Waals surface area contributed by atoms with Gasteiger partial charge in [-0.25, -0.2) is 0 Å². The molecule has 5 nitrogen and oxygen atoms in total. The van der Waals surface area contributed by atoms with E-state index in [2.05, 4.69) is 41.6 Å². The quantitative estimate of drug-likeness (QED) is 0.350. The number of aromatic nitrogens is 2. The van der Waals surface area contributed by atoms with Crippen LogP contribution in [0.3, 0.4) is 0 Å². The highest BCUT2D eigenvalue weighted by atomic mass is 35.5. The predicted octanol–water partition coefficient (Wildman–Crippen LogP) is 6.34. The number of carbonyl (C=O) groups is 1. The van der Waals surface area contributed by atoms with Gasteiger partial charge >= 0.3 is 0 Å². The van der Waals surface area contributed by atoms with Gasteiger partial charge in [-0.15, -0.1) is 0 Å². The van der Waals surface area contributed by atoms with Crippen molar-refractivity contribution in [1.82, 2.24) is 9.78 Å². The lowest BCUT2D eigenvalue weighted by molar-refractivity contribution is 0.102. The van der Waals surface area contributed by atoms with Crippen LogP contribution < -0.4 is 10.1 Å². The largest absolute Gasteiger partial charge is 0.489 e. The molecule has 0 spiro atoms. The van der Waals surface area contributed by atoms with E-state index in [9.17, 15) is 4.79 Å². The Morgan fingerprint density at radius 2 is 1.61 bits per heavy atom. The van der Waals surface area contributed by atoms with Gasteiger partial charge in [0.2, 0.25) is 0 Å². The summed E-state index contributed by atoms with van der Waals surface area (Å²) in [6, 6.07) is 19.5. The van der Waals surface area contributed by atoms with Crippen molar-refractivity contribution < 1.29 is 9.53 Å². The lowest BCUT2D eigenvalue weighted by atomic mass is 10.1. The Morgan fingerprint density at radius 3 is 2.27 bits per heavy atom. The van der Waals surface area contributed by atoms with Gasteiger partial charge in [0.05, 0.1) is 18.4 Å². The zero-order valence-corrected chi connectivity index (χ0v) is 19.7. The molecule has 168 valence electrons. The highest BCUT2D eigenvalue weighted by Gasteiger charge is 2.09. The standard InChI is InChI=1S/C27H26ClN3O2/c1-18-4-6-21(7-5-18)15-31-16-24(14-29-31)30-27(32)23-10-8-22(9-11-23)17-33-25-12-19(2)26(28)20(3)13-25/h4-14,16H,15,17H2,1-3H3,(H,30,32). The molecule has 0 aliphatic rings. The Hall–Kier alpha value is -3.57. The summed E-state index contributed by atoms with van der Waals surface area (Å²) in [4.78, 5) is 12.6. The predicted molar refractivity (Wildman–Crippen MR) is 132 cm³/mol. The van der Waals surface area contributed by atoms with E-state index in [4.69, 9.17) is 16.3 Å². The molecule has 3 aromatic carbocycles. The van der Waals surface area contributed by atoms with Gasteiger partial charge in [0.25, 0.3) is 5.91 Å². The maximum atomic E-state index is 12.6. The minimum atomic E-state index is -0.179. The number of hydrogen-bond acceptors (Lipinski definition) is 3. The Labute approximate surface area is 199 Å². The third kappa shape index (κ3) is 5.82. The first-order valence-corrected chi connectivity index (χ1v) is 11.1. The van der Waals surface area contributed by atoms with Gasteiger partial charge in [-0.3, -0.25) is 9.48 Å². The first-order chi connectivity index (χ1) is 15.9. The van der Waals surface area contributed by atoms with Crippen LogP contribution in [-0.2, 0) is 13.2 Å². The number of rotatable bonds is 7. The summed E-state index contributed by atoms with van der Waals surface area (Å²) in [6.45, 7) is 7.04. The molecule has 4 aromatic rings. The Balaban J connectivity index is 1.33. The van der Waals surface area contributed by atoms with Gasteiger partial charge in [0.1, 0.15) is 12.4 Å². The van der Waals surface area contributed by atoms with Gasteiger partial charge < -0.3 is 10.1 Å². The molecule has 0 saturated carbocycles. The third-order valence-electron chi connectivity index (χ3n) is 5.39. The monoisotopic (exact) mass is 459 g/mol. The molecule has 0 radical (unpaired) electrons. The number of nitrogens with one attached hydrogen (secondary N) is 1. The Kier molecular flexibility index (Phi) is 6.80. The van der Waals surface area contributed by atoms with Crippen LogP contribution in [0.25, 0.3) is 0 Å². The molecule has 1 aromatic heterocycles. The summed E-state index contributed by atoms with van der Waals surface area (Å²) < 4.78 is 7.70. The van der Waals surface area contributed by atoms with Crippen molar-refractivity contribution in [2.75, 3.05) is 5.32 Å². The number of halogens is 1. The summed E-state index contributed by atoms with van der Waals surface area (Å²) in [5, 5.41) is 8.01. The van der Waals surface area contributed by atoms with Crippen LogP contribution in [0.4, 0.5) is 5.69 Å². The molecule has 6 heteroatoms. The van der Waals surface area contributed by atoms with E-state index in [-0.39, 0.29) is 5.91 Å². The molecule has 4 rings (SSSR count). The first-order valence-electron chi connectivity index (χ1n) is 10.8. The smallest absolute Gasteiger partial charge is 0.255 e. The van der Waals surface area contributed by atoms with Crippen LogP contribution in [-0.4, -0.2) is 15.7 Å². The summed E-state index contributed by atoms with van der Waals surface area (Å²) in [5.74, 6) is 0.597. The molecule has 0 atom stereocenters. The molecule has 0 aliphatic carbocycles. The first kappa shape index (κ1) is 22.6. The number of carbonyl (C=O) groups excluding carboxylic acids is 1. The molecule has 1 N–H and O–H groups in total. The van der Waals surface area contributed by atoms with Crippen molar-refractivity contribution in [2.24, 2.45) is 0 Å². The molecule has 0 unspecified atom stereocenters. The van der Waals surface area contributed by atoms with E-state index in [0.29, 0.717) is 24.4 Å². The zero-order chi connectivity index (χ0) is 23.4. The van der Waals surface area contributed by atoms with Crippen molar-refractivity contribution in [2.45, 2.75) is 33.9 Å². The molecule has 33 heavy (non-hydrogen) atoms. The van der Waals surface area contributed by atoms with Gasteiger partial charge in [0.15, 0.2) is 0 Å². The second-order valence-corrected chi connectivity index (χ2v) is 8.60. The fourth-order valence-electron chi connectivity index (χ4n) is 3.51. The molecule has 0 saturated heterocycles. The van der Waals surface area contributed by atoms with Crippen molar-refractivity contribution in [3.8, 4) is 5.75 Å². The molecular weight excluding hydrogens is 434 g/mol. The van der Waals surface area contributed by atoms with Crippen LogP contribution in [0, 0.1) is 20.8 Å². The van der Waals surface area contributed by atoms with Gasteiger partial charge in [-0.1, -0.05) is 53.6 Å². The number of amides is 1.